The van der Waals surface area contributed by atoms with Crippen molar-refractivity contribution in [1.82, 2.24) is 15.2 Å². The standard InChI is InChI=1S/C25H32N4O3/c1-15-4-7-18(8-5-15)27-23(30)12-20-13-26-25(32)22-11-19(14-29(20)22)28-24(31)21-9-6-16(2)10-17(21)3/h6,9-11,14-15,18,20H,4-5,7-8,12-13H2,1-3H3,(H,26,32)(H,27,30)(H,28,31). The molecule has 4 rings (SSSR count). The predicted octanol–water partition coefficient (Wildman–Crippen LogP) is 3.73. The molecule has 7 heteroatoms. The maximum absolute atomic E-state index is 12.8. The van der Waals surface area contributed by atoms with Crippen molar-refractivity contribution in [3.8, 4) is 0 Å². The van der Waals surface area contributed by atoms with Gasteiger partial charge in [-0.15, -0.1) is 0 Å². The summed E-state index contributed by atoms with van der Waals surface area (Å²) >= 11 is 0. The molecule has 1 fully saturated rings. The number of nitrogens with one attached hydrogen (secondary N) is 3. The highest BCUT2D eigenvalue weighted by Gasteiger charge is 2.29. The minimum Gasteiger partial charge on any atom is -0.353 e. The van der Waals surface area contributed by atoms with Crippen molar-refractivity contribution in [2.75, 3.05) is 11.9 Å². The number of benzene rings is 1. The van der Waals surface area contributed by atoms with Gasteiger partial charge in [0.25, 0.3) is 11.8 Å². The van der Waals surface area contributed by atoms with Gasteiger partial charge in [-0.25, -0.2) is 0 Å². The Morgan fingerprint density at radius 1 is 1.12 bits per heavy atom. The van der Waals surface area contributed by atoms with Gasteiger partial charge in [-0.3, -0.25) is 14.4 Å². The third-order valence-corrected chi connectivity index (χ3v) is 6.66. The molecular formula is C25H32N4O3. The van der Waals surface area contributed by atoms with Crippen LogP contribution in [0, 0.1) is 19.8 Å². The molecule has 3 N–H and O–H groups in total. The number of amides is 3. The van der Waals surface area contributed by atoms with E-state index in [9.17, 15) is 14.4 Å². The highest BCUT2D eigenvalue weighted by Crippen LogP contribution is 2.27. The molecule has 0 bridgehead atoms. The number of aromatic nitrogens is 1. The zero-order chi connectivity index (χ0) is 22.8. The fourth-order valence-electron chi connectivity index (χ4n) is 4.77. The molecule has 1 saturated carbocycles. The Labute approximate surface area is 189 Å². The number of hydrogen-bond acceptors (Lipinski definition) is 3. The minimum atomic E-state index is -0.216. The summed E-state index contributed by atoms with van der Waals surface area (Å²) in [5, 5.41) is 8.93. The predicted molar refractivity (Wildman–Crippen MR) is 124 cm³/mol. The lowest BCUT2D eigenvalue weighted by Crippen LogP contribution is -2.43. The van der Waals surface area contributed by atoms with Crippen molar-refractivity contribution in [2.45, 2.75) is 65.0 Å². The second-order valence-electron chi connectivity index (χ2n) is 9.39. The fourth-order valence-corrected chi connectivity index (χ4v) is 4.77. The highest BCUT2D eigenvalue weighted by molar-refractivity contribution is 6.06. The number of hydrogen-bond donors (Lipinski definition) is 3. The van der Waals surface area contributed by atoms with E-state index in [0.717, 1.165) is 42.7 Å². The Bertz CT molecular complexity index is 1030. The van der Waals surface area contributed by atoms with Crippen molar-refractivity contribution in [1.29, 1.82) is 0 Å². The van der Waals surface area contributed by atoms with Gasteiger partial charge in [-0.2, -0.15) is 0 Å². The van der Waals surface area contributed by atoms with Gasteiger partial charge in [0.1, 0.15) is 5.69 Å². The lowest BCUT2D eigenvalue weighted by atomic mass is 9.87. The van der Waals surface area contributed by atoms with Gasteiger partial charge in [0.15, 0.2) is 0 Å². The van der Waals surface area contributed by atoms with E-state index in [1.54, 1.807) is 12.3 Å². The van der Waals surface area contributed by atoms with E-state index in [4.69, 9.17) is 0 Å². The molecule has 1 aromatic carbocycles. The molecule has 2 aromatic rings. The summed E-state index contributed by atoms with van der Waals surface area (Å²) in [6.07, 6.45) is 6.40. The summed E-state index contributed by atoms with van der Waals surface area (Å²) in [7, 11) is 0. The normalized spacial score (nSPS) is 22.6. The maximum Gasteiger partial charge on any atom is 0.268 e. The van der Waals surface area contributed by atoms with Gasteiger partial charge in [-0.05, 0) is 63.1 Å². The third kappa shape index (κ3) is 4.87. The van der Waals surface area contributed by atoms with Crippen LogP contribution >= 0.6 is 0 Å². The molecule has 170 valence electrons. The Kier molecular flexibility index (Phi) is 6.35. The van der Waals surface area contributed by atoms with Crippen LogP contribution < -0.4 is 16.0 Å². The van der Waals surface area contributed by atoms with Crippen LogP contribution in [0.4, 0.5) is 5.69 Å². The number of rotatable bonds is 5. The van der Waals surface area contributed by atoms with Gasteiger partial charge in [0.2, 0.25) is 5.91 Å². The molecule has 1 unspecified atom stereocenters. The van der Waals surface area contributed by atoms with Gasteiger partial charge >= 0.3 is 0 Å². The van der Waals surface area contributed by atoms with E-state index in [0.29, 0.717) is 29.9 Å². The summed E-state index contributed by atoms with van der Waals surface area (Å²) in [6.45, 7) is 6.54. The number of aryl methyl sites for hydroxylation is 2. The van der Waals surface area contributed by atoms with Crippen molar-refractivity contribution in [3.63, 3.8) is 0 Å². The Hall–Kier alpha value is -3.09. The minimum absolute atomic E-state index is 0.00576. The van der Waals surface area contributed by atoms with Crippen LogP contribution in [0.2, 0.25) is 0 Å². The third-order valence-electron chi connectivity index (χ3n) is 6.66. The fraction of sp³-hybridized carbons (Fsp3) is 0.480. The van der Waals surface area contributed by atoms with Gasteiger partial charge < -0.3 is 20.5 Å². The first-order valence-corrected chi connectivity index (χ1v) is 11.5. The van der Waals surface area contributed by atoms with Crippen LogP contribution in [0.25, 0.3) is 0 Å². The molecule has 1 aliphatic carbocycles. The van der Waals surface area contributed by atoms with Crippen LogP contribution in [-0.2, 0) is 4.79 Å². The number of carbonyl (C=O) groups excluding carboxylic acids is 3. The summed E-state index contributed by atoms with van der Waals surface area (Å²) in [5.74, 6) is 0.323. The van der Waals surface area contributed by atoms with Gasteiger partial charge in [0.05, 0.1) is 11.7 Å². The lowest BCUT2D eigenvalue weighted by Gasteiger charge is -2.29. The quantitative estimate of drug-likeness (QED) is 0.667. The molecule has 7 nitrogen and oxygen atoms in total. The number of carbonyl (C=O) groups is 3. The highest BCUT2D eigenvalue weighted by atomic mass is 16.2. The van der Waals surface area contributed by atoms with E-state index in [2.05, 4.69) is 22.9 Å². The monoisotopic (exact) mass is 436 g/mol. The van der Waals surface area contributed by atoms with Crippen LogP contribution in [0.15, 0.2) is 30.5 Å². The molecule has 32 heavy (non-hydrogen) atoms. The maximum atomic E-state index is 12.8. The smallest absolute Gasteiger partial charge is 0.268 e. The van der Waals surface area contributed by atoms with Crippen LogP contribution in [0.5, 0.6) is 0 Å². The molecule has 1 aromatic heterocycles. The van der Waals surface area contributed by atoms with E-state index in [-0.39, 0.29) is 29.8 Å². The summed E-state index contributed by atoms with van der Waals surface area (Å²) in [4.78, 5) is 37.8. The van der Waals surface area contributed by atoms with E-state index in [1.807, 2.05) is 36.6 Å². The average molecular weight is 437 g/mol. The molecule has 0 spiro atoms. The molecule has 2 aliphatic rings. The van der Waals surface area contributed by atoms with Crippen molar-refractivity contribution in [2.24, 2.45) is 5.92 Å². The van der Waals surface area contributed by atoms with Gasteiger partial charge in [-0.1, -0.05) is 24.6 Å². The summed E-state index contributed by atoms with van der Waals surface area (Å²) < 4.78 is 1.82. The molecule has 3 amide bonds. The molecular weight excluding hydrogens is 404 g/mol. The Morgan fingerprint density at radius 3 is 2.59 bits per heavy atom. The summed E-state index contributed by atoms with van der Waals surface area (Å²) in [5.41, 5.74) is 3.60. The average Bonchev–Trinajstić information content (AvgIpc) is 3.16. The topological polar surface area (TPSA) is 92.2 Å². The van der Waals surface area contributed by atoms with Crippen LogP contribution in [0.1, 0.15) is 77.0 Å². The van der Waals surface area contributed by atoms with Gasteiger partial charge in [0, 0.05) is 30.8 Å². The SMILES string of the molecule is Cc1ccc(C(=O)Nc2cc3n(c2)C(CC(=O)NC2CCC(C)CC2)CNC3=O)c(C)c1. The molecule has 0 saturated heterocycles. The number of fused-ring (bicyclic) bond motifs is 1. The van der Waals surface area contributed by atoms with Crippen molar-refractivity contribution < 1.29 is 14.4 Å². The number of nitrogens with zero attached hydrogens (tertiary/aromatic N) is 1. The van der Waals surface area contributed by atoms with E-state index < -0.39 is 0 Å². The van der Waals surface area contributed by atoms with E-state index in [1.165, 1.54) is 0 Å². The van der Waals surface area contributed by atoms with Crippen molar-refractivity contribution in [3.05, 3.63) is 52.8 Å². The van der Waals surface area contributed by atoms with Crippen LogP contribution in [-0.4, -0.2) is 34.9 Å². The second-order valence-corrected chi connectivity index (χ2v) is 9.39. The molecule has 0 radical (unpaired) electrons. The first-order chi connectivity index (χ1) is 15.3. The zero-order valence-corrected chi connectivity index (χ0v) is 19.0. The van der Waals surface area contributed by atoms with Crippen LogP contribution in [0.3, 0.4) is 0 Å². The first-order valence-electron chi connectivity index (χ1n) is 11.5. The molecule has 2 heterocycles. The second kappa shape index (κ2) is 9.18. The van der Waals surface area contributed by atoms with Crippen molar-refractivity contribution >= 4 is 23.4 Å². The summed E-state index contributed by atoms with van der Waals surface area (Å²) in [6, 6.07) is 7.41. The number of anilines is 1. The Balaban J connectivity index is 1.44. The first kappa shape index (κ1) is 22.1. The molecule has 1 aliphatic heterocycles. The zero-order valence-electron chi connectivity index (χ0n) is 19.0. The van der Waals surface area contributed by atoms with E-state index >= 15 is 0 Å². The molecule has 1 atom stereocenters. The largest absolute Gasteiger partial charge is 0.353 e. The Morgan fingerprint density at radius 2 is 1.88 bits per heavy atom. The lowest BCUT2D eigenvalue weighted by molar-refractivity contribution is -0.122.